The van der Waals surface area contributed by atoms with Crippen LogP contribution in [0.5, 0.6) is 0 Å². The molecule has 7 heteroatoms. The maximum Gasteiger partial charge on any atom is 0.188 e. The molecule has 1 heterocycles. The molecule has 0 bridgehead atoms. The van der Waals surface area contributed by atoms with Gasteiger partial charge in [-0.05, 0) is 36.9 Å². The molecule has 0 aromatic heterocycles. The lowest BCUT2D eigenvalue weighted by Crippen LogP contribution is -2.39. The summed E-state index contributed by atoms with van der Waals surface area (Å²) in [6, 6.07) is 8.42. The highest BCUT2D eigenvalue weighted by Crippen LogP contribution is 2.15. The topological polar surface area (TPSA) is 62.9 Å². The van der Waals surface area contributed by atoms with E-state index in [1.165, 1.54) is 10.5 Å². The molecule has 2 rings (SSSR count). The first-order chi connectivity index (χ1) is 10.8. The second kappa shape index (κ2) is 11.9. The van der Waals surface area contributed by atoms with Gasteiger partial charge >= 0.3 is 0 Å². The zero-order chi connectivity index (χ0) is 15.6. The van der Waals surface area contributed by atoms with E-state index in [1.807, 2.05) is 0 Å². The third kappa shape index (κ3) is 8.23. The van der Waals surface area contributed by atoms with E-state index in [1.54, 1.807) is 11.8 Å². The Morgan fingerprint density at radius 3 is 2.65 bits per heavy atom. The highest BCUT2D eigenvalue weighted by Gasteiger charge is 2.08. The molecule has 0 saturated carbocycles. The Morgan fingerprint density at radius 1 is 1.30 bits per heavy atom. The maximum absolute atomic E-state index is 5.90. The molecule has 1 fully saturated rings. The van der Waals surface area contributed by atoms with E-state index in [9.17, 15) is 0 Å². The average Bonchev–Trinajstić information content (AvgIpc) is 2.58. The van der Waals surface area contributed by atoms with Gasteiger partial charge in [-0.15, -0.1) is 35.7 Å². The number of ether oxygens (including phenoxy) is 1. The van der Waals surface area contributed by atoms with Crippen LogP contribution in [0.1, 0.15) is 12.0 Å². The van der Waals surface area contributed by atoms with Gasteiger partial charge in [-0.1, -0.05) is 12.1 Å². The van der Waals surface area contributed by atoms with Crippen molar-refractivity contribution in [2.24, 2.45) is 10.7 Å². The molecule has 0 unspecified atom stereocenters. The van der Waals surface area contributed by atoms with Crippen LogP contribution < -0.4 is 11.1 Å². The number of benzene rings is 1. The third-order valence-corrected chi connectivity index (χ3v) is 4.40. The summed E-state index contributed by atoms with van der Waals surface area (Å²) in [5, 5.41) is 3.18. The van der Waals surface area contributed by atoms with E-state index in [-0.39, 0.29) is 24.0 Å². The first kappa shape index (κ1) is 20.5. The van der Waals surface area contributed by atoms with Crippen LogP contribution >= 0.6 is 35.7 Å². The van der Waals surface area contributed by atoms with Crippen LogP contribution in [0.4, 0.5) is 0 Å². The summed E-state index contributed by atoms with van der Waals surface area (Å²) in [7, 11) is 0. The van der Waals surface area contributed by atoms with Crippen LogP contribution in [0.15, 0.2) is 34.2 Å². The van der Waals surface area contributed by atoms with Crippen molar-refractivity contribution in [1.82, 2.24) is 10.2 Å². The van der Waals surface area contributed by atoms with Crippen molar-refractivity contribution in [1.29, 1.82) is 0 Å². The van der Waals surface area contributed by atoms with Gasteiger partial charge in [0.15, 0.2) is 5.96 Å². The number of nitrogens with zero attached hydrogens (tertiary/aromatic N) is 2. The van der Waals surface area contributed by atoms with E-state index in [4.69, 9.17) is 10.5 Å². The number of nitrogens with one attached hydrogen (secondary N) is 1. The molecular formula is C16H27IN4OS. The van der Waals surface area contributed by atoms with Gasteiger partial charge in [-0.2, -0.15) is 0 Å². The Hall–Kier alpha value is -0.510. The predicted octanol–water partition coefficient (Wildman–Crippen LogP) is 2.15. The number of halogens is 1. The molecule has 23 heavy (non-hydrogen) atoms. The largest absolute Gasteiger partial charge is 0.379 e. The van der Waals surface area contributed by atoms with Gasteiger partial charge in [-0.25, -0.2) is 4.99 Å². The molecule has 0 amide bonds. The Balaban J connectivity index is 0.00000264. The van der Waals surface area contributed by atoms with Crippen LogP contribution in [-0.4, -0.2) is 56.5 Å². The number of guanidine groups is 1. The van der Waals surface area contributed by atoms with Crippen LogP contribution in [0.3, 0.4) is 0 Å². The number of hydrogen-bond acceptors (Lipinski definition) is 4. The number of aliphatic imine (C=N–C) groups is 1. The standard InChI is InChI=1S/C16H26N4OS.HI/c1-22-15-5-3-14(4-6-15)13-19-16(17)18-7-2-8-20-9-11-21-12-10-20;/h3-6H,2,7-13H2,1H3,(H3,17,18,19);1H. The number of rotatable bonds is 7. The number of hydrogen-bond donors (Lipinski definition) is 2. The molecule has 1 aliphatic heterocycles. The van der Waals surface area contributed by atoms with E-state index >= 15 is 0 Å². The summed E-state index contributed by atoms with van der Waals surface area (Å²) >= 11 is 1.74. The maximum atomic E-state index is 5.90. The number of thioether (sulfide) groups is 1. The summed E-state index contributed by atoms with van der Waals surface area (Å²) in [6.07, 6.45) is 3.14. The normalized spacial score (nSPS) is 16.0. The molecule has 1 aliphatic rings. The minimum absolute atomic E-state index is 0. The molecule has 0 spiro atoms. The van der Waals surface area contributed by atoms with Crippen LogP contribution in [0.25, 0.3) is 0 Å². The first-order valence-electron chi connectivity index (χ1n) is 7.75. The van der Waals surface area contributed by atoms with Crippen LogP contribution in [-0.2, 0) is 11.3 Å². The second-order valence-electron chi connectivity index (χ2n) is 5.28. The van der Waals surface area contributed by atoms with Gasteiger partial charge in [0.2, 0.25) is 0 Å². The summed E-state index contributed by atoms with van der Waals surface area (Å²) in [5.41, 5.74) is 7.07. The van der Waals surface area contributed by atoms with E-state index in [2.05, 4.69) is 45.7 Å². The highest BCUT2D eigenvalue weighted by molar-refractivity contribution is 14.0. The first-order valence-corrected chi connectivity index (χ1v) is 8.97. The Labute approximate surface area is 160 Å². The fourth-order valence-corrected chi connectivity index (χ4v) is 2.72. The molecule has 0 radical (unpaired) electrons. The molecule has 0 atom stereocenters. The lowest BCUT2D eigenvalue weighted by molar-refractivity contribution is 0.0376. The van der Waals surface area contributed by atoms with Crippen molar-refractivity contribution in [2.45, 2.75) is 17.9 Å². The van der Waals surface area contributed by atoms with Crippen molar-refractivity contribution in [2.75, 3.05) is 45.6 Å². The molecular weight excluding hydrogens is 423 g/mol. The summed E-state index contributed by atoms with van der Waals surface area (Å²) in [4.78, 5) is 8.07. The molecule has 130 valence electrons. The fraction of sp³-hybridized carbons (Fsp3) is 0.562. The third-order valence-electron chi connectivity index (χ3n) is 3.65. The van der Waals surface area contributed by atoms with Crippen LogP contribution in [0, 0.1) is 0 Å². The minimum Gasteiger partial charge on any atom is -0.379 e. The Kier molecular flexibility index (Phi) is 10.7. The zero-order valence-electron chi connectivity index (χ0n) is 13.7. The summed E-state index contributed by atoms with van der Waals surface area (Å²) < 4.78 is 5.33. The lowest BCUT2D eigenvalue weighted by Gasteiger charge is -2.26. The average molecular weight is 450 g/mol. The van der Waals surface area contributed by atoms with E-state index in [0.717, 1.165) is 45.8 Å². The monoisotopic (exact) mass is 450 g/mol. The fourth-order valence-electron chi connectivity index (χ4n) is 2.31. The van der Waals surface area contributed by atoms with Crippen molar-refractivity contribution >= 4 is 41.7 Å². The molecule has 5 nitrogen and oxygen atoms in total. The SMILES string of the molecule is CSc1ccc(CN=C(N)NCCCN2CCOCC2)cc1.I. The molecule has 1 aromatic rings. The Bertz CT molecular complexity index is 464. The quantitative estimate of drug-likeness (QED) is 0.219. The van der Waals surface area contributed by atoms with E-state index in [0.29, 0.717) is 12.5 Å². The van der Waals surface area contributed by atoms with Gasteiger partial charge in [0.25, 0.3) is 0 Å². The lowest BCUT2D eigenvalue weighted by atomic mass is 10.2. The smallest absolute Gasteiger partial charge is 0.188 e. The molecule has 3 N–H and O–H groups in total. The minimum atomic E-state index is 0. The highest BCUT2D eigenvalue weighted by atomic mass is 127. The van der Waals surface area contributed by atoms with Gasteiger partial charge in [-0.3, -0.25) is 4.90 Å². The number of nitrogens with two attached hydrogens (primary N) is 1. The zero-order valence-corrected chi connectivity index (χ0v) is 16.8. The molecule has 1 aromatic carbocycles. The van der Waals surface area contributed by atoms with E-state index < -0.39 is 0 Å². The van der Waals surface area contributed by atoms with Crippen molar-refractivity contribution in [3.63, 3.8) is 0 Å². The van der Waals surface area contributed by atoms with Gasteiger partial charge in [0.1, 0.15) is 0 Å². The summed E-state index contributed by atoms with van der Waals surface area (Å²) in [6.45, 7) is 6.35. The van der Waals surface area contributed by atoms with Crippen molar-refractivity contribution in [3.05, 3.63) is 29.8 Å². The van der Waals surface area contributed by atoms with Gasteiger partial charge < -0.3 is 15.8 Å². The second-order valence-corrected chi connectivity index (χ2v) is 6.16. The molecule has 0 aliphatic carbocycles. The Morgan fingerprint density at radius 2 is 2.00 bits per heavy atom. The van der Waals surface area contributed by atoms with Crippen molar-refractivity contribution in [3.8, 4) is 0 Å². The predicted molar refractivity (Wildman–Crippen MR) is 109 cm³/mol. The molecule has 1 saturated heterocycles. The summed E-state index contributed by atoms with van der Waals surface area (Å²) in [5.74, 6) is 0.524. The van der Waals surface area contributed by atoms with Gasteiger partial charge in [0.05, 0.1) is 19.8 Å². The number of morpholine rings is 1. The van der Waals surface area contributed by atoms with Crippen LogP contribution in [0.2, 0.25) is 0 Å². The van der Waals surface area contributed by atoms with Crippen molar-refractivity contribution < 1.29 is 4.74 Å². The van der Waals surface area contributed by atoms with Gasteiger partial charge in [0, 0.05) is 24.5 Å².